The minimum Gasteiger partial charge on any atom is -0.435 e. The molecule has 0 bridgehead atoms. The lowest BCUT2D eigenvalue weighted by molar-refractivity contribution is -0.0498. The van der Waals surface area contributed by atoms with Gasteiger partial charge in [-0.1, -0.05) is 6.07 Å². The molecule has 1 fully saturated rings. The monoisotopic (exact) mass is 485 g/mol. The molecule has 2 aliphatic rings. The van der Waals surface area contributed by atoms with Gasteiger partial charge in [0.2, 0.25) is 20.0 Å². The summed E-state index contributed by atoms with van der Waals surface area (Å²) in [7, 11) is -7.52. The van der Waals surface area contributed by atoms with E-state index >= 15 is 0 Å². The summed E-state index contributed by atoms with van der Waals surface area (Å²) in [6, 6.07) is 7.40. The highest BCUT2D eigenvalue weighted by Gasteiger charge is 2.35. The highest BCUT2D eigenvalue weighted by molar-refractivity contribution is 7.93. The van der Waals surface area contributed by atoms with Gasteiger partial charge in [-0.25, -0.2) is 16.8 Å². The van der Waals surface area contributed by atoms with Crippen molar-refractivity contribution in [3.05, 3.63) is 58.8 Å². The predicted molar refractivity (Wildman–Crippen MR) is 113 cm³/mol. The molecule has 1 saturated heterocycles. The fourth-order valence-electron chi connectivity index (χ4n) is 3.79. The van der Waals surface area contributed by atoms with E-state index in [4.69, 9.17) is 0 Å². The lowest BCUT2D eigenvalue weighted by Crippen LogP contribution is -2.50. The third-order valence-electron chi connectivity index (χ3n) is 5.44. The van der Waals surface area contributed by atoms with Crippen LogP contribution in [-0.2, 0) is 26.5 Å². The van der Waals surface area contributed by atoms with Crippen molar-refractivity contribution < 1.29 is 30.4 Å². The second kappa shape index (κ2) is 8.85. The molecule has 1 aromatic heterocycles. The van der Waals surface area contributed by atoms with Crippen molar-refractivity contribution in [3.63, 3.8) is 0 Å². The molecule has 0 unspecified atom stereocenters. The van der Waals surface area contributed by atoms with Crippen LogP contribution in [0.25, 0.3) is 6.08 Å². The first-order chi connectivity index (χ1) is 15.2. The third-order valence-corrected chi connectivity index (χ3v) is 9.35. The third kappa shape index (κ3) is 4.53. The van der Waals surface area contributed by atoms with E-state index in [0.29, 0.717) is 12.0 Å². The Morgan fingerprint density at radius 2 is 1.62 bits per heavy atom. The van der Waals surface area contributed by atoms with Gasteiger partial charge < -0.3 is 4.74 Å². The van der Waals surface area contributed by atoms with Crippen LogP contribution >= 0.6 is 0 Å². The summed E-state index contributed by atoms with van der Waals surface area (Å²) >= 11 is 0. The number of fused-ring (bicyclic) bond motifs is 1. The Labute approximate surface area is 185 Å². The lowest BCUT2D eigenvalue weighted by atomic mass is 9.97. The van der Waals surface area contributed by atoms with E-state index in [-0.39, 0.29) is 48.1 Å². The van der Waals surface area contributed by atoms with Crippen LogP contribution in [0.2, 0.25) is 0 Å². The number of benzene rings is 1. The van der Waals surface area contributed by atoms with Crippen LogP contribution in [-0.4, -0.2) is 63.2 Å². The minimum atomic E-state index is -3.78. The maximum atomic E-state index is 13.1. The molecule has 0 radical (unpaired) electrons. The van der Waals surface area contributed by atoms with Crippen LogP contribution in [0, 0.1) is 0 Å². The number of aromatic nitrogens is 1. The Morgan fingerprint density at radius 3 is 2.25 bits per heavy atom. The van der Waals surface area contributed by atoms with E-state index in [0.717, 1.165) is 5.56 Å². The average Bonchev–Trinajstić information content (AvgIpc) is 2.79. The summed E-state index contributed by atoms with van der Waals surface area (Å²) in [5.74, 6) is 0.0319. The zero-order valence-electron chi connectivity index (χ0n) is 16.9. The first-order valence-electron chi connectivity index (χ1n) is 9.86. The van der Waals surface area contributed by atoms with Gasteiger partial charge in [-0.05, 0) is 54.3 Å². The molecular formula is C20H21F2N3O5S2. The number of aryl methyl sites for hydroxylation is 1. The normalized spacial score (nSPS) is 18.3. The van der Waals surface area contributed by atoms with Crippen molar-refractivity contribution in [1.29, 1.82) is 0 Å². The summed E-state index contributed by atoms with van der Waals surface area (Å²) in [5, 5.41) is 0. The molecule has 0 amide bonds. The highest BCUT2D eigenvalue weighted by atomic mass is 32.2. The zero-order chi connectivity index (χ0) is 22.9. The van der Waals surface area contributed by atoms with Crippen LogP contribution in [0.5, 0.6) is 5.75 Å². The summed E-state index contributed by atoms with van der Waals surface area (Å²) < 4.78 is 83.5. The van der Waals surface area contributed by atoms with Crippen molar-refractivity contribution in [1.82, 2.24) is 13.6 Å². The van der Waals surface area contributed by atoms with E-state index < -0.39 is 26.7 Å². The van der Waals surface area contributed by atoms with Crippen LogP contribution < -0.4 is 4.74 Å². The quantitative estimate of drug-likeness (QED) is 0.623. The standard InChI is InChI=1S/C20H21F2N3O5S2/c21-20(22)30-17-5-3-16-13-18(6-4-15(16)12-17)31(26,27)24-8-10-25(11-9-24)32(28,29)19-2-1-7-23-14-19/h1-3,5,7,12-14,20H,4,6,8-11H2. The molecule has 12 heteroatoms. The van der Waals surface area contributed by atoms with Crippen molar-refractivity contribution in [2.75, 3.05) is 26.2 Å². The largest absolute Gasteiger partial charge is 0.435 e. The Bertz CT molecular complexity index is 1230. The number of hydrogen-bond acceptors (Lipinski definition) is 6. The molecule has 172 valence electrons. The van der Waals surface area contributed by atoms with E-state index in [9.17, 15) is 25.6 Å². The van der Waals surface area contributed by atoms with Gasteiger partial charge in [0.1, 0.15) is 10.6 Å². The van der Waals surface area contributed by atoms with E-state index in [1.165, 1.54) is 45.3 Å². The molecule has 2 aromatic rings. The van der Waals surface area contributed by atoms with Gasteiger partial charge in [-0.3, -0.25) is 4.98 Å². The first-order valence-corrected chi connectivity index (χ1v) is 12.7. The Morgan fingerprint density at radius 1 is 0.938 bits per heavy atom. The number of ether oxygens (including phenoxy) is 1. The number of alkyl halides is 2. The van der Waals surface area contributed by atoms with Gasteiger partial charge in [-0.2, -0.15) is 17.4 Å². The van der Waals surface area contributed by atoms with Crippen LogP contribution in [0.4, 0.5) is 8.78 Å². The Balaban J connectivity index is 1.48. The molecule has 1 aliphatic heterocycles. The van der Waals surface area contributed by atoms with Gasteiger partial charge in [0.15, 0.2) is 0 Å². The van der Waals surface area contributed by atoms with Gasteiger partial charge in [0.05, 0.1) is 4.91 Å². The molecule has 4 rings (SSSR count). The molecule has 2 heterocycles. The highest BCUT2D eigenvalue weighted by Crippen LogP contribution is 2.32. The topological polar surface area (TPSA) is 96.9 Å². The molecule has 0 atom stereocenters. The number of pyridine rings is 1. The molecule has 1 aliphatic carbocycles. The van der Waals surface area contributed by atoms with Gasteiger partial charge in [-0.15, -0.1) is 0 Å². The Hall–Kier alpha value is -2.41. The van der Waals surface area contributed by atoms with Gasteiger partial charge >= 0.3 is 6.61 Å². The zero-order valence-corrected chi connectivity index (χ0v) is 18.5. The number of halogens is 2. The fourth-order valence-corrected chi connectivity index (χ4v) is 6.79. The van der Waals surface area contributed by atoms with E-state index in [2.05, 4.69) is 9.72 Å². The lowest BCUT2D eigenvalue weighted by Gasteiger charge is -2.34. The molecule has 0 N–H and O–H groups in total. The van der Waals surface area contributed by atoms with Crippen molar-refractivity contribution in [3.8, 4) is 5.75 Å². The fraction of sp³-hybridized carbons (Fsp3) is 0.350. The summed E-state index contributed by atoms with van der Waals surface area (Å²) in [6.45, 7) is -2.78. The summed E-state index contributed by atoms with van der Waals surface area (Å²) in [4.78, 5) is 4.12. The number of allylic oxidation sites excluding steroid dienone is 1. The maximum Gasteiger partial charge on any atom is 0.387 e. The number of hydrogen-bond donors (Lipinski definition) is 0. The maximum absolute atomic E-state index is 13.1. The number of sulfonamides is 2. The van der Waals surface area contributed by atoms with Gasteiger partial charge in [0.25, 0.3) is 0 Å². The first kappa shape index (κ1) is 22.8. The van der Waals surface area contributed by atoms with Crippen molar-refractivity contribution in [2.24, 2.45) is 0 Å². The van der Waals surface area contributed by atoms with Crippen LogP contribution in [0.3, 0.4) is 0 Å². The summed E-state index contributed by atoms with van der Waals surface area (Å²) in [6.07, 6.45) is 4.88. The number of nitrogens with zero attached hydrogens (tertiary/aromatic N) is 3. The smallest absolute Gasteiger partial charge is 0.387 e. The van der Waals surface area contributed by atoms with Crippen molar-refractivity contribution in [2.45, 2.75) is 24.3 Å². The van der Waals surface area contributed by atoms with Crippen LogP contribution in [0.15, 0.2) is 52.5 Å². The second-order valence-electron chi connectivity index (χ2n) is 7.35. The molecule has 8 nitrogen and oxygen atoms in total. The van der Waals surface area contributed by atoms with Crippen LogP contribution in [0.1, 0.15) is 17.5 Å². The van der Waals surface area contributed by atoms with Crippen molar-refractivity contribution >= 4 is 26.1 Å². The van der Waals surface area contributed by atoms with Gasteiger partial charge in [0, 0.05) is 38.6 Å². The average molecular weight is 486 g/mol. The van der Waals surface area contributed by atoms with E-state index in [1.54, 1.807) is 12.1 Å². The molecule has 1 aromatic carbocycles. The molecule has 32 heavy (non-hydrogen) atoms. The predicted octanol–water partition coefficient (Wildman–Crippen LogP) is 2.31. The molecular weight excluding hydrogens is 464 g/mol. The minimum absolute atomic E-state index is 0.0319. The van der Waals surface area contributed by atoms with E-state index in [1.807, 2.05) is 0 Å². The molecule has 0 spiro atoms. The molecule has 0 saturated carbocycles. The summed E-state index contributed by atoms with van der Waals surface area (Å²) in [5.41, 5.74) is 1.36. The number of rotatable bonds is 6. The SMILES string of the molecule is O=S(=O)(C1=Cc2ccc(OC(F)F)cc2CC1)N1CCN(S(=O)(=O)c2cccnc2)CC1. The second-order valence-corrected chi connectivity index (χ2v) is 11.3. The Kier molecular flexibility index (Phi) is 6.30. The number of piperazine rings is 1.